The summed E-state index contributed by atoms with van der Waals surface area (Å²) in [6.45, 7) is 0. The quantitative estimate of drug-likeness (QED) is 0.677. The van der Waals surface area contributed by atoms with Gasteiger partial charge >= 0.3 is 0 Å². The first-order valence-electron chi connectivity index (χ1n) is 6.40. The van der Waals surface area contributed by atoms with Crippen molar-refractivity contribution in [2.24, 2.45) is 0 Å². The SMILES string of the molecule is O=[N+]([O-])c1ccc2c(c1)C(O)c1cc([N+](=O)[O-])ccc1C=C2. The minimum atomic E-state index is -1.17. The van der Waals surface area contributed by atoms with Crippen molar-refractivity contribution in [1.82, 2.24) is 0 Å². The van der Waals surface area contributed by atoms with E-state index in [-0.39, 0.29) is 11.4 Å². The maximum Gasteiger partial charge on any atom is 0.269 e. The summed E-state index contributed by atoms with van der Waals surface area (Å²) in [5.74, 6) is 0. The van der Waals surface area contributed by atoms with Crippen molar-refractivity contribution in [2.75, 3.05) is 0 Å². The van der Waals surface area contributed by atoms with Crippen LogP contribution in [0, 0.1) is 20.2 Å². The van der Waals surface area contributed by atoms with Crippen LogP contribution in [0.4, 0.5) is 11.4 Å². The van der Waals surface area contributed by atoms with Gasteiger partial charge in [0.15, 0.2) is 0 Å². The number of fused-ring (bicyclic) bond motifs is 2. The fourth-order valence-electron chi connectivity index (χ4n) is 2.48. The lowest BCUT2D eigenvalue weighted by atomic mass is 9.96. The van der Waals surface area contributed by atoms with Crippen LogP contribution >= 0.6 is 0 Å². The van der Waals surface area contributed by atoms with E-state index in [9.17, 15) is 25.3 Å². The van der Waals surface area contributed by atoms with Crippen LogP contribution in [0.25, 0.3) is 12.2 Å². The van der Waals surface area contributed by atoms with E-state index in [1.165, 1.54) is 24.3 Å². The van der Waals surface area contributed by atoms with Crippen molar-refractivity contribution in [3.8, 4) is 0 Å². The normalized spacial score (nSPS) is 13.1. The molecule has 3 rings (SSSR count). The van der Waals surface area contributed by atoms with Crippen LogP contribution in [0.3, 0.4) is 0 Å². The topological polar surface area (TPSA) is 107 Å². The molecule has 0 unspecified atom stereocenters. The Morgan fingerprint density at radius 1 is 0.818 bits per heavy atom. The predicted octanol–water partition coefficient (Wildman–Crippen LogP) is 3.07. The third-order valence-electron chi connectivity index (χ3n) is 3.59. The Morgan fingerprint density at radius 3 is 1.59 bits per heavy atom. The van der Waals surface area contributed by atoms with Crippen LogP contribution in [-0.4, -0.2) is 15.0 Å². The zero-order valence-electron chi connectivity index (χ0n) is 11.2. The van der Waals surface area contributed by atoms with Gasteiger partial charge in [-0.25, -0.2) is 0 Å². The average Bonchev–Trinajstić information content (AvgIpc) is 2.64. The highest BCUT2D eigenvalue weighted by atomic mass is 16.6. The number of benzene rings is 2. The van der Waals surface area contributed by atoms with Crippen molar-refractivity contribution in [3.05, 3.63) is 78.9 Å². The molecule has 0 atom stereocenters. The van der Waals surface area contributed by atoms with Crippen molar-refractivity contribution in [2.45, 2.75) is 6.10 Å². The van der Waals surface area contributed by atoms with Crippen LogP contribution in [0.1, 0.15) is 28.4 Å². The van der Waals surface area contributed by atoms with Crippen LogP contribution < -0.4 is 0 Å². The van der Waals surface area contributed by atoms with Gasteiger partial charge in [-0.2, -0.15) is 0 Å². The molecule has 0 saturated carbocycles. The number of nitrogens with zero attached hydrogens (tertiary/aromatic N) is 2. The van der Waals surface area contributed by atoms with E-state index in [2.05, 4.69) is 0 Å². The molecule has 0 heterocycles. The molecule has 2 aromatic carbocycles. The summed E-state index contributed by atoms with van der Waals surface area (Å²) in [7, 11) is 0. The second-order valence-electron chi connectivity index (χ2n) is 4.88. The molecular weight excluding hydrogens is 288 g/mol. The van der Waals surface area contributed by atoms with Gasteiger partial charge in [0.05, 0.1) is 9.85 Å². The third kappa shape index (κ3) is 2.23. The van der Waals surface area contributed by atoms with E-state index < -0.39 is 16.0 Å². The maximum atomic E-state index is 10.9. The van der Waals surface area contributed by atoms with Gasteiger partial charge in [-0.15, -0.1) is 0 Å². The van der Waals surface area contributed by atoms with Crippen LogP contribution in [0.5, 0.6) is 0 Å². The molecule has 0 saturated heterocycles. The highest BCUT2D eigenvalue weighted by molar-refractivity contribution is 5.77. The van der Waals surface area contributed by atoms with E-state index in [1.54, 1.807) is 24.3 Å². The minimum Gasteiger partial charge on any atom is -0.384 e. The predicted molar refractivity (Wildman–Crippen MR) is 79.2 cm³/mol. The summed E-state index contributed by atoms with van der Waals surface area (Å²) < 4.78 is 0. The lowest BCUT2D eigenvalue weighted by Crippen LogP contribution is -2.04. The molecule has 0 amide bonds. The maximum absolute atomic E-state index is 10.9. The smallest absolute Gasteiger partial charge is 0.269 e. The highest BCUT2D eigenvalue weighted by Crippen LogP contribution is 2.36. The fraction of sp³-hybridized carbons (Fsp3) is 0.0667. The summed E-state index contributed by atoms with van der Waals surface area (Å²) in [4.78, 5) is 20.7. The number of aliphatic hydroxyl groups is 1. The largest absolute Gasteiger partial charge is 0.384 e. The number of non-ortho nitro benzene ring substituents is 2. The number of hydrogen-bond acceptors (Lipinski definition) is 5. The summed E-state index contributed by atoms with van der Waals surface area (Å²) in [5, 5.41) is 32.3. The van der Waals surface area contributed by atoms with E-state index in [0.717, 1.165) is 0 Å². The van der Waals surface area contributed by atoms with Crippen molar-refractivity contribution >= 4 is 23.5 Å². The van der Waals surface area contributed by atoms with E-state index >= 15 is 0 Å². The Bertz CT molecular complexity index is 761. The highest BCUT2D eigenvalue weighted by Gasteiger charge is 2.23. The number of hydrogen-bond donors (Lipinski definition) is 1. The van der Waals surface area contributed by atoms with Gasteiger partial charge in [0.1, 0.15) is 6.10 Å². The van der Waals surface area contributed by atoms with Crippen molar-refractivity contribution in [1.29, 1.82) is 0 Å². The summed E-state index contributed by atoms with van der Waals surface area (Å²) in [5.41, 5.74) is 1.70. The summed E-state index contributed by atoms with van der Waals surface area (Å²) in [6, 6.07) is 8.39. The lowest BCUT2D eigenvalue weighted by Gasteiger charge is -2.14. The zero-order chi connectivity index (χ0) is 15.9. The molecular formula is C15H10N2O5. The molecule has 110 valence electrons. The molecule has 1 N–H and O–H groups in total. The van der Waals surface area contributed by atoms with Gasteiger partial charge in [0.25, 0.3) is 11.4 Å². The molecule has 0 bridgehead atoms. The van der Waals surface area contributed by atoms with Gasteiger partial charge in [-0.05, 0) is 34.4 Å². The average molecular weight is 298 g/mol. The fourth-order valence-corrected chi connectivity index (χ4v) is 2.48. The number of rotatable bonds is 2. The first kappa shape index (κ1) is 13.9. The minimum absolute atomic E-state index is 0.139. The van der Waals surface area contributed by atoms with Crippen molar-refractivity contribution < 1.29 is 15.0 Å². The lowest BCUT2D eigenvalue weighted by molar-refractivity contribution is -0.385. The third-order valence-corrected chi connectivity index (χ3v) is 3.59. The van der Waals surface area contributed by atoms with Crippen LogP contribution in [0.15, 0.2) is 36.4 Å². The Hall–Kier alpha value is -3.06. The molecule has 1 aliphatic carbocycles. The van der Waals surface area contributed by atoms with Gasteiger partial charge in [0, 0.05) is 24.3 Å². The number of nitro groups is 2. The van der Waals surface area contributed by atoms with Gasteiger partial charge in [-0.3, -0.25) is 20.2 Å². The van der Waals surface area contributed by atoms with Gasteiger partial charge in [-0.1, -0.05) is 12.2 Å². The molecule has 0 aromatic heterocycles. The molecule has 0 fully saturated rings. The zero-order valence-corrected chi connectivity index (χ0v) is 11.2. The number of aliphatic hydroxyl groups excluding tert-OH is 1. The van der Waals surface area contributed by atoms with Gasteiger partial charge in [0.2, 0.25) is 0 Å². The van der Waals surface area contributed by atoms with Crippen LogP contribution in [-0.2, 0) is 0 Å². The van der Waals surface area contributed by atoms with Crippen LogP contribution in [0.2, 0.25) is 0 Å². The Kier molecular flexibility index (Phi) is 3.19. The number of nitro benzene ring substituents is 2. The monoisotopic (exact) mass is 298 g/mol. The van der Waals surface area contributed by atoms with E-state index in [4.69, 9.17) is 0 Å². The second-order valence-corrected chi connectivity index (χ2v) is 4.88. The van der Waals surface area contributed by atoms with Crippen molar-refractivity contribution in [3.63, 3.8) is 0 Å². The van der Waals surface area contributed by atoms with E-state index in [0.29, 0.717) is 22.3 Å². The molecule has 22 heavy (non-hydrogen) atoms. The standard InChI is InChI=1S/C15H10N2O5/c18-15-13-7-11(16(19)20)5-3-9(13)1-2-10-4-6-12(17(21)22)8-14(10)15/h1-8,15,18H. The molecule has 0 spiro atoms. The first-order chi connectivity index (χ1) is 10.5. The van der Waals surface area contributed by atoms with Gasteiger partial charge < -0.3 is 5.11 Å². The Labute approximate surface area is 124 Å². The summed E-state index contributed by atoms with van der Waals surface area (Å²) in [6.07, 6.45) is 2.28. The first-order valence-corrected chi connectivity index (χ1v) is 6.40. The van der Waals surface area contributed by atoms with E-state index in [1.807, 2.05) is 0 Å². The molecule has 2 aromatic rings. The Balaban J connectivity index is 2.19. The molecule has 0 radical (unpaired) electrons. The molecule has 0 aliphatic heterocycles. The Morgan fingerprint density at radius 2 is 1.23 bits per heavy atom. The molecule has 7 nitrogen and oxygen atoms in total. The molecule has 7 heteroatoms. The second kappa shape index (κ2) is 5.05. The summed E-state index contributed by atoms with van der Waals surface area (Å²) >= 11 is 0. The molecule has 1 aliphatic rings.